The molecule has 3 aromatic rings. The Kier molecular flexibility index (Phi) is 6.46. The number of nitrogens with one attached hydrogen (secondary N) is 2. The van der Waals surface area contributed by atoms with Gasteiger partial charge in [-0.05, 0) is 41.8 Å². The highest BCUT2D eigenvalue weighted by atomic mass is 32.2. The van der Waals surface area contributed by atoms with E-state index in [0.717, 1.165) is 11.3 Å². The monoisotopic (exact) mass is 441 g/mol. The van der Waals surface area contributed by atoms with Gasteiger partial charge in [0.05, 0.1) is 22.9 Å². The minimum Gasteiger partial charge on any atom is -0.452 e. The minimum absolute atomic E-state index is 0.0306. The van der Waals surface area contributed by atoms with Gasteiger partial charge < -0.3 is 10.1 Å². The smallest absolute Gasteiger partial charge is 0.340 e. The summed E-state index contributed by atoms with van der Waals surface area (Å²) in [7, 11) is -3.85. The van der Waals surface area contributed by atoms with Crippen molar-refractivity contribution in [2.75, 3.05) is 16.6 Å². The van der Waals surface area contributed by atoms with Crippen molar-refractivity contribution in [3.05, 3.63) is 77.2 Å². The molecule has 0 fully saturated rings. The highest BCUT2D eigenvalue weighted by Gasteiger charge is 2.20. The molecule has 0 aliphatic rings. The number of anilines is 2. The molecule has 0 aliphatic heterocycles. The molecule has 0 aliphatic carbocycles. The molecule has 0 bridgehead atoms. The summed E-state index contributed by atoms with van der Waals surface area (Å²) in [5.74, 6) is -1.46. The van der Waals surface area contributed by atoms with Crippen LogP contribution in [0.25, 0.3) is 0 Å². The summed E-state index contributed by atoms with van der Waals surface area (Å²) in [5, 5.41) is 13.0. The zero-order chi connectivity index (χ0) is 21.6. The number of nitrogens with zero attached hydrogens (tertiary/aromatic N) is 1. The molecule has 1 aromatic heterocycles. The molecule has 152 valence electrons. The van der Waals surface area contributed by atoms with Crippen LogP contribution in [0.5, 0.6) is 0 Å². The predicted molar refractivity (Wildman–Crippen MR) is 112 cm³/mol. The number of hydrogen-bond acceptors (Lipinski definition) is 7. The van der Waals surface area contributed by atoms with Crippen molar-refractivity contribution in [1.82, 2.24) is 0 Å². The van der Waals surface area contributed by atoms with E-state index < -0.39 is 28.5 Å². The van der Waals surface area contributed by atoms with Gasteiger partial charge in [0, 0.05) is 5.69 Å². The van der Waals surface area contributed by atoms with E-state index in [-0.39, 0.29) is 15.5 Å². The molecule has 2 aromatic carbocycles. The van der Waals surface area contributed by atoms with Crippen LogP contribution in [-0.4, -0.2) is 26.9 Å². The average molecular weight is 441 g/mol. The van der Waals surface area contributed by atoms with E-state index in [1.165, 1.54) is 24.3 Å². The maximum absolute atomic E-state index is 12.4. The highest BCUT2D eigenvalue weighted by Crippen LogP contribution is 2.23. The Morgan fingerprint density at radius 3 is 2.60 bits per heavy atom. The molecular formula is C20H15N3O5S2. The van der Waals surface area contributed by atoms with E-state index in [1.54, 1.807) is 41.8 Å². The number of sulfonamides is 1. The zero-order valence-electron chi connectivity index (χ0n) is 15.4. The largest absolute Gasteiger partial charge is 0.452 e. The Morgan fingerprint density at radius 2 is 1.87 bits per heavy atom. The van der Waals surface area contributed by atoms with Crippen LogP contribution < -0.4 is 10.0 Å². The first-order valence-electron chi connectivity index (χ1n) is 8.51. The van der Waals surface area contributed by atoms with E-state index >= 15 is 0 Å². The number of ether oxygens (including phenoxy) is 1. The molecule has 0 saturated carbocycles. The number of hydrogen-bond donors (Lipinski definition) is 2. The molecule has 0 atom stereocenters. The third-order valence-electron chi connectivity index (χ3n) is 3.76. The summed E-state index contributed by atoms with van der Waals surface area (Å²) >= 11 is 1.04. The lowest BCUT2D eigenvalue weighted by Crippen LogP contribution is -2.22. The first kappa shape index (κ1) is 21.0. The Labute approximate surface area is 176 Å². The fourth-order valence-corrected chi connectivity index (χ4v) is 4.51. The van der Waals surface area contributed by atoms with Gasteiger partial charge >= 0.3 is 5.97 Å². The molecule has 8 nitrogen and oxygen atoms in total. The van der Waals surface area contributed by atoms with Crippen LogP contribution in [0.1, 0.15) is 15.9 Å². The topological polar surface area (TPSA) is 125 Å². The van der Waals surface area contributed by atoms with Crippen molar-refractivity contribution in [1.29, 1.82) is 5.26 Å². The molecule has 0 unspecified atom stereocenters. The van der Waals surface area contributed by atoms with Crippen LogP contribution in [0.15, 0.2) is 70.3 Å². The maximum Gasteiger partial charge on any atom is 0.340 e. The SMILES string of the molecule is N#Cc1cccc(NC(=O)COC(=O)c2ccccc2NS(=O)(=O)c2cccs2)c1. The zero-order valence-corrected chi connectivity index (χ0v) is 17.0. The van der Waals surface area contributed by atoms with Crippen LogP contribution >= 0.6 is 11.3 Å². The lowest BCUT2D eigenvalue weighted by Gasteiger charge is -2.11. The second-order valence-electron chi connectivity index (χ2n) is 5.90. The Bertz CT molecular complexity index is 1220. The van der Waals surface area contributed by atoms with Crippen LogP contribution in [0, 0.1) is 11.3 Å². The second kappa shape index (κ2) is 9.21. The van der Waals surface area contributed by atoms with Gasteiger partial charge in [0.15, 0.2) is 6.61 Å². The van der Waals surface area contributed by atoms with Gasteiger partial charge in [0.2, 0.25) is 0 Å². The van der Waals surface area contributed by atoms with Crippen LogP contribution in [-0.2, 0) is 19.6 Å². The molecule has 2 N–H and O–H groups in total. The Hall–Kier alpha value is -3.68. The third-order valence-corrected chi connectivity index (χ3v) is 6.52. The van der Waals surface area contributed by atoms with Gasteiger partial charge in [-0.1, -0.05) is 24.3 Å². The molecule has 30 heavy (non-hydrogen) atoms. The number of thiophene rings is 1. The summed E-state index contributed by atoms with van der Waals surface area (Å²) in [6.07, 6.45) is 0. The number of nitriles is 1. The quantitative estimate of drug-likeness (QED) is 0.542. The summed E-state index contributed by atoms with van der Waals surface area (Å²) in [5.41, 5.74) is 0.769. The van der Waals surface area contributed by atoms with Crippen molar-refractivity contribution in [3.63, 3.8) is 0 Å². The molecule has 0 saturated heterocycles. The fourth-order valence-electron chi connectivity index (χ4n) is 2.43. The number of esters is 1. The number of amides is 1. The van der Waals surface area contributed by atoms with Crippen molar-refractivity contribution < 1.29 is 22.7 Å². The van der Waals surface area contributed by atoms with Crippen molar-refractivity contribution in [2.24, 2.45) is 0 Å². The van der Waals surface area contributed by atoms with E-state index in [2.05, 4.69) is 10.0 Å². The van der Waals surface area contributed by atoms with Gasteiger partial charge in [-0.2, -0.15) is 5.26 Å². The summed E-state index contributed by atoms with van der Waals surface area (Å²) in [6, 6.07) is 17.2. The Morgan fingerprint density at radius 1 is 1.07 bits per heavy atom. The average Bonchev–Trinajstić information content (AvgIpc) is 3.28. The molecule has 3 rings (SSSR count). The number of rotatable bonds is 7. The summed E-state index contributed by atoms with van der Waals surface area (Å²) in [6.45, 7) is -0.582. The fraction of sp³-hybridized carbons (Fsp3) is 0.0500. The lowest BCUT2D eigenvalue weighted by atomic mass is 10.2. The summed E-state index contributed by atoms with van der Waals surface area (Å²) in [4.78, 5) is 24.5. The second-order valence-corrected chi connectivity index (χ2v) is 8.76. The first-order chi connectivity index (χ1) is 14.4. The van der Waals surface area contributed by atoms with E-state index in [4.69, 9.17) is 10.00 Å². The molecule has 0 spiro atoms. The van der Waals surface area contributed by atoms with E-state index in [0.29, 0.717) is 11.3 Å². The van der Waals surface area contributed by atoms with Crippen LogP contribution in [0.3, 0.4) is 0 Å². The first-order valence-corrected chi connectivity index (χ1v) is 10.9. The van der Waals surface area contributed by atoms with Gasteiger partial charge in [-0.3, -0.25) is 9.52 Å². The highest BCUT2D eigenvalue weighted by molar-refractivity contribution is 7.94. The molecular weight excluding hydrogens is 426 g/mol. The summed E-state index contributed by atoms with van der Waals surface area (Å²) < 4.78 is 32.3. The van der Waals surface area contributed by atoms with Crippen LogP contribution in [0.2, 0.25) is 0 Å². The van der Waals surface area contributed by atoms with Gasteiger partial charge in [-0.15, -0.1) is 11.3 Å². The molecule has 1 heterocycles. The molecule has 1 amide bonds. The van der Waals surface area contributed by atoms with Crippen molar-refractivity contribution >= 4 is 44.6 Å². The van der Waals surface area contributed by atoms with Gasteiger partial charge in [-0.25, -0.2) is 13.2 Å². The Balaban J connectivity index is 1.66. The van der Waals surface area contributed by atoms with Crippen molar-refractivity contribution in [2.45, 2.75) is 4.21 Å². The van der Waals surface area contributed by atoms with Gasteiger partial charge in [0.25, 0.3) is 15.9 Å². The number of para-hydroxylation sites is 1. The van der Waals surface area contributed by atoms with Gasteiger partial charge in [0.1, 0.15) is 4.21 Å². The number of carbonyl (C=O) groups is 2. The van der Waals surface area contributed by atoms with E-state index in [9.17, 15) is 18.0 Å². The lowest BCUT2D eigenvalue weighted by molar-refractivity contribution is -0.119. The third kappa shape index (κ3) is 5.22. The van der Waals surface area contributed by atoms with Crippen LogP contribution in [0.4, 0.5) is 11.4 Å². The molecule has 0 radical (unpaired) electrons. The minimum atomic E-state index is -3.85. The normalized spacial score (nSPS) is 10.6. The molecule has 10 heteroatoms. The maximum atomic E-state index is 12.4. The van der Waals surface area contributed by atoms with Crippen molar-refractivity contribution in [3.8, 4) is 6.07 Å². The number of benzene rings is 2. The predicted octanol–water partition coefficient (Wildman–Crippen LogP) is 3.22. The van der Waals surface area contributed by atoms with E-state index in [1.807, 2.05) is 6.07 Å². The standard InChI is InChI=1S/C20H15N3O5S2/c21-12-14-5-3-6-15(11-14)22-18(24)13-28-20(25)16-7-1-2-8-17(16)23-30(26,27)19-9-4-10-29-19/h1-11,23H,13H2,(H,22,24). The number of carbonyl (C=O) groups excluding carboxylic acids is 2.